The smallest absolute Gasteiger partial charge is 0.261 e. The van der Waals surface area contributed by atoms with Gasteiger partial charge in [0.2, 0.25) is 0 Å². The van der Waals surface area contributed by atoms with E-state index in [1.165, 1.54) is 4.90 Å². The van der Waals surface area contributed by atoms with E-state index >= 15 is 0 Å². The van der Waals surface area contributed by atoms with E-state index in [2.05, 4.69) is 9.97 Å². The number of rotatable bonds is 4. The second-order valence-corrected chi connectivity index (χ2v) is 12.2. The van der Waals surface area contributed by atoms with Crippen molar-refractivity contribution in [2.45, 2.75) is 27.7 Å². The summed E-state index contributed by atoms with van der Waals surface area (Å²) in [6, 6.07) is 4.00. The SMILES string of the molecule is Cc1nc(-c2cc(C3=C(c4cc(-c5csc(C)n5)sc4C)C(=O)N(C)C3=O)c(C)s2)cs1. The van der Waals surface area contributed by atoms with Crippen molar-refractivity contribution in [2.24, 2.45) is 0 Å². The van der Waals surface area contributed by atoms with Crippen molar-refractivity contribution in [3.63, 3.8) is 0 Å². The fourth-order valence-electron chi connectivity index (χ4n) is 3.81. The predicted octanol–water partition coefficient (Wildman–Crippen LogP) is 6.20. The highest BCUT2D eigenvalue weighted by atomic mass is 32.1. The van der Waals surface area contributed by atoms with Crippen LogP contribution in [0.3, 0.4) is 0 Å². The van der Waals surface area contributed by atoms with Gasteiger partial charge in [-0.25, -0.2) is 9.97 Å². The van der Waals surface area contributed by atoms with Gasteiger partial charge in [-0.3, -0.25) is 14.5 Å². The Morgan fingerprint density at radius 1 is 0.719 bits per heavy atom. The first-order valence-corrected chi connectivity index (χ1v) is 13.3. The molecule has 4 aromatic heterocycles. The standard InChI is InChI=1S/C23H19N3O2S4/c1-10-14(6-18(31-10)16-8-29-12(3)24-16)20-21(23(28)26(5)22(20)27)15-7-19(32-11(15)2)17-9-30-13(4)25-17/h6-9H,1-5H3. The zero-order valence-electron chi connectivity index (χ0n) is 18.1. The van der Waals surface area contributed by atoms with Crippen molar-refractivity contribution in [2.75, 3.05) is 7.05 Å². The Hall–Kier alpha value is -2.46. The van der Waals surface area contributed by atoms with Crippen molar-refractivity contribution < 1.29 is 9.59 Å². The molecule has 2 amide bonds. The van der Waals surface area contributed by atoms with Crippen LogP contribution in [0.1, 0.15) is 30.9 Å². The molecule has 0 atom stereocenters. The molecule has 0 spiro atoms. The van der Waals surface area contributed by atoms with Gasteiger partial charge in [0.05, 0.1) is 42.3 Å². The second-order valence-electron chi connectivity index (χ2n) is 7.58. The number of aryl methyl sites for hydroxylation is 4. The molecule has 9 heteroatoms. The maximum absolute atomic E-state index is 13.2. The normalized spacial score (nSPS) is 14.3. The second kappa shape index (κ2) is 7.84. The van der Waals surface area contributed by atoms with Crippen LogP contribution in [0.4, 0.5) is 0 Å². The number of likely N-dealkylation sites (N-methyl/N-ethyl adjacent to an activating group) is 1. The lowest BCUT2D eigenvalue weighted by molar-refractivity contribution is -0.134. The fourth-order valence-corrected chi connectivity index (χ4v) is 7.16. The maximum Gasteiger partial charge on any atom is 0.261 e. The Morgan fingerprint density at radius 3 is 1.47 bits per heavy atom. The Morgan fingerprint density at radius 2 is 1.12 bits per heavy atom. The highest BCUT2D eigenvalue weighted by molar-refractivity contribution is 7.17. The summed E-state index contributed by atoms with van der Waals surface area (Å²) in [6.45, 7) is 7.94. The molecule has 1 aliphatic rings. The van der Waals surface area contributed by atoms with Crippen molar-refractivity contribution in [1.82, 2.24) is 14.9 Å². The van der Waals surface area contributed by atoms with Crippen molar-refractivity contribution in [3.05, 3.63) is 53.8 Å². The molecule has 0 aromatic carbocycles. The van der Waals surface area contributed by atoms with Crippen molar-refractivity contribution in [1.29, 1.82) is 0 Å². The minimum absolute atomic E-state index is 0.261. The van der Waals surface area contributed by atoms with Gasteiger partial charge >= 0.3 is 0 Å². The summed E-state index contributed by atoms with van der Waals surface area (Å²) in [5.74, 6) is -0.521. The Balaban J connectivity index is 1.69. The van der Waals surface area contributed by atoms with Crippen LogP contribution < -0.4 is 0 Å². The minimum atomic E-state index is -0.261. The zero-order valence-corrected chi connectivity index (χ0v) is 21.4. The number of carbonyl (C=O) groups is 2. The maximum atomic E-state index is 13.2. The number of nitrogens with zero attached hydrogens (tertiary/aromatic N) is 3. The van der Waals surface area contributed by atoms with E-state index in [-0.39, 0.29) is 11.8 Å². The highest BCUT2D eigenvalue weighted by Crippen LogP contribution is 2.44. The summed E-state index contributed by atoms with van der Waals surface area (Å²) >= 11 is 6.40. The van der Waals surface area contributed by atoms with E-state index in [1.807, 2.05) is 50.6 Å². The molecule has 5 rings (SSSR count). The third kappa shape index (κ3) is 3.40. The monoisotopic (exact) mass is 497 g/mol. The topological polar surface area (TPSA) is 63.2 Å². The van der Waals surface area contributed by atoms with Crippen LogP contribution >= 0.6 is 45.3 Å². The van der Waals surface area contributed by atoms with Gasteiger partial charge in [0, 0.05) is 38.7 Å². The van der Waals surface area contributed by atoms with Gasteiger partial charge in [0.15, 0.2) is 0 Å². The molecule has 0 fully saturated rings. The molecular formula is C23H19N3O2S4. The summed E-state index contributed by atoms with van der Waals surface area (Å²) in [6.07, 6.45) is 0. The molecule has 4 aromatic rings. The number of thiophene rings is 2. The average Bonchev–Trinajstić information content (AvgIpc) is 3.55. The number of carbonyl (C=O) groups excluding carboxylic acids is 2. The number of thiazole rings is 2. The summed E-state index contributed by atoms with van der Waals surface area (Å²) in [5, 5.41) is 6.05. The molecule has 0 unspecified atom stereocenters. The van der Waals surface area contributed by atoms with Crippen LogP contribution in [-0.4, -0.2) is 33.7 Å². The summed E-state index contributed by atoms with van der Waals surface area (Å²) in [5.41, 5.74) is 4.40. The van der Waals surface area contributed by atoms with Crippen LogP contribution in [0.15, 0.2) is 22.9 Å². The average molecular weight is 498 g/mol. The number of aromatic nitrogens is 2. The lowest BCUT2D eigenvalue weighted by Gasteiger charge is -2.06. The number of hydrogen-bond donors (Lipinski definition) is 0. The molecule has 5 nitrogen and oxygen atoms in total. The van der Waals surface area contributed by atoms with Gasteiger partial charge in [-0.2, -0.15) is 0 Å². The van der Waals surface area contributed by atoms with Crippen LogP contribution in [0, 0.1) is 27.7 Å². The van der Waals surface area contributed by atoms with Crippen LogP contribution in [0.2, 0.25) is 0 Å². The molecule has 0 saturated heterocycles. The molecule has 162 valence electrons. The Labute approximate surface area is 201 Å². The molecule has 32 heavy (non-hydrogen) atoms. The fraction of sp³-hybridized carbons (Fsp3) is 0.217. The quantitative estimate of drug-likeness (QED) is 0.315. The van der Waals surface area contributed by atoms with E-state index < -0.39 is 0 Å². The lowest BCUT2D eigenvalue weighted by atomic mass is 9.96. The third-order valence-corrected chi connectivity index (χ3v) is 9.10. The van der Waals surface area contributed by atoms with Gasteiger partial charge in [0.25, 0.3) is 11.8 Å². The first-order valence-electron chi connectivity index (χ1n) is 9.88. The Bertz CT molecular complexity index is 1330. The minimum Gasteiger partial charge on any atom is -0.277 e. The zero-order chi connectivity index (χ0) is 22.7. The first kappa shape index (κ1) is 21.4. The molecule has 0 aliphatic carbocycles. The number of hydrogen-bond acceptors (Lipinski definition) is 8. The highest BCUT2D eigenvalue weighted by Gasteiger charge is 2.39. The van der Waals surface area contributed by atoms with Gasteiger partial charge in [-0.15, -0.1) is 45.3 Å². The van der Waals surface area contributed by atoms with E-state index in [0.29, 0.717) is 11.1 Å². The summed E-state index contributed by atoms with van der Waals surface area (Å²) in [7, 11) is 1.55. The van der Waals surface area contributed by atoms with E-state index in [4.69, 9.17) is 0 Å². The van der Waals surface area contributed by atoms with Gasteiger partial charge in [-0.05, 0) is 39.8 Å². The van der Waals surface area contributed by atoms with Crippen molar-refractivity contribution in [3.8, 4) is 21.1 Å². The molecule has 0 N–H and O–H groups in total. The van der Waals surface area contributed by atoms with Crippen molar-refractivity contribution >= 4 is 68.3 Å². The largest absolute Gasteiger partial charge is 0.277 e. The molecule has 0 saturated carbocycles. The van der Waals surface area contributed by atoms with Gasteiger partial charge in [-0.1, -0.05) is 0 Å². The van der Waals surface area contributed by atoms with E-state index in [1.54, 1.807) is 52.4 Å². The summed E-state index contributed by atoms with van der Waals surface area (Å²) in [4.78, 5) is 40.8. The first-order chi connectivity index (χ1) is 15.2. The number of amides is 2. The van der Waals surface area contributed by atoms with Crippen LogP contribution in [0.5, 0.6) is 0 Å². The molecule has 0 radical (unpaired) electrons. The summed E-state index contributed by atoms with van der Waals surface area (Å²) < 4.78 is 0. The number of imide groups is 1. The Kier molecular flexibility index (Phi) is 5.24. The van der Waals surface area contributed by atoms with Crippen LogP contribution in [0.25, 0.3) is 32.3 Å². The molecule has 0 bridgehead atoms. The van der Waals surface area contributed by atoms with Gasteiger partial charge < -0.3 is 0 Å². The third-order valence-electron chi connectivity index (χ3n) is 5.40. The van der Waals surface area contributed by atoms with E-state index in [9.17, 15) is 9.59 Å². The molecule has 5 heterocycles. The van der Waals surface area contributed by atoms with Crippen LogP contribution in [-0.2, 0) is 9.59 Å². The molecular weight excluding hydrogens is 479 g/mol. The molecule has 1 aliphatic heterocycles. The predicted molar refractivity (Wildman–Crippen MR) is 134 cm³/mol. The van der Waals surface area contributed by atoms with Gasteiger partial charge in [0.1, 0.15) is 0 Å². The van der Waals surface area contributed by atoms with E-state index in [0.717, 1.165) is 52.0 Å². The lowest BCUT2D eigenvalue weighted by Crippen LogP contribution is -2.26.